The van der Waals surface area contributed by atoms with Crippen molar-refractivity contribution in [3.8, 4) is 0 Å². The molecule has 2 heterocycles. The van der Waals surface area contributed by atoms with E-state index in [0.29, 0.717) is 17.6 Å². The van der Waals surface area contributed by atoms with Crippen LogP contribution >= 0.6 is 0 Å². The predicted molar refractivity (Wildman–Crippen MR) is 72.5 cm³/mol. The lowest BCUT2D eigenvalue weighted by atomic mass is 10.2. The molecule has 2 aromatic rings. The summed E-state index contributed by atoms with van der Waals surface area (Å²) in [6.07, 6.45) is 2.10. The van der Waals surface area contributed by atoms with Crippen molar-refractivity contribution >= 4 is 17.0 Å². The first-order valence-corrected chi connectivity index (χ1v) is 6.71. The number of nitrogens with one attached hydrogen (secondary N) is 1. The number of nitrogens with zero attached hydrogens (tertiary/aromatic N) is 1. The van der Waals surface area contributed by atoms with Crippen LogP contribution in [-0.2, 0) is 16.1 Å². The predicted octanol–water partition coefficient (Wildman–Crippen LogP) is 0.890. The van der Waals surface area contributed by atoms with Crippen LogP contribution in [0.25, 0.3) is 11.1 Å². The molecule has 1 saturated heterocycles. The van der Waals surface area contributed by atoms with Crippen LogP contribution in [0.15, 0.2) is 33.5 Å². The molecule has 0 radical (unpaired) electrons. The standard InChI is InChI=1S/C14H16N2O4/c17-13(15-8-10-4-3-7-19-10)9-16-11-5-1-2-6-12(11)20-14(16)18/h1-2,5-6,10H,3-4,7-9H2,(H,15,17). The van der Waals surface area contributed by atoms with E-state index in [0.717, 1.165) is 19.4 Å². The highest BCUT2D eigenvalue weighted by Gasteiger charge is 2.17. The molecule has 0 spiro atoms. The molecule has 1 aromatic heterocycles. The van der Waals surface area contributed by atoms with Gasteiger partial charge in [0.05, 0.1) is 11.6 Å². The monoisotopic (exact) mass is 276 g/mol. The van der Waals surface area contributed by atoms with Crippen LogP contribution in [0.3, 0.4) is 0 Å². The lowest BCUT2D eigenvalue weighted by Gasteiger charge is -2.10. The normalized spacial score (nSPS) is 18.5. The summed E-state index contributed by atoms with van der Waals surface area (Å²) in [7, 11) is 0. The van der Waals surface area contributed by atoms with Gasteiger partial charge in [-0.25, -0.2) is 4.79 Å². The zero-order valence-electron chi connectivity index (χ0n) is 11.0. The molecule has 3 rings (SSSR count). The average Bonchev–Trinajstić information content (AvgIpc) is 3.06. The summed E-state index contributed by atoms with van der Waals surface area (Å²) in [5, 5.41) is 2.79. The Morgan fingerprint density at radius 2 is 2.25 bits per heavy atom. The summed E-state index contributed by atoms with van der Waals surface area (Å²) < 4.78 is 11.8. The van der Waals surface area contributed by atoms with Crippen molar-refractivity contribution < 1.29 is 13.9 Å². The maximum atomic E-state index is 11.9. The first kappa shape index (κ1) is 12.9. The Labute approximate surface area is 115 Å². The molecule has 1 aliphatic rings. The number of oxazole rings is 1. The van der Waals surface area contributed by atoms with Crippen molar-refractivity contribution in [2.45, 2.75) is 25.5 Å². The topological polar surface area (TPSA) is 73.5 Å². The molecule has 6 nitrogen and oxygen atoms in total. The highest BCUT2D eigenvalue weighted by Crippen LogP contribution is 2.12. The molecule has 1 atom stereocenters. The second kappa shape index (κ2) is 5.50. The van der Waals surface area contributed by atoms with Crippen LogP contribution < -0.4 is 11.1 Å². The van der Waals surface area contributed by atoms with Gasteiger partial charge in [-0.3, -0.25) is 9.36 Å². The minimum absolute atomic E-state index is 0.0391. The summed E-state index contributed by atoms with van der Waals surface area (Å²) in [5.41, 5.74) is 1.12. The molecule has 0 saturated carbocycles. The lowest BCUT2D eigenvalue weighted by molar-refractivity contribution is -0.122. The first-order valence-electron chi connectivity index (χ1n) is 6.71. The quantitative estimate of drug-likeness (QED) is 0.900. The molecule has 106 valence electrons. The van der Waals surface area contributed by atoms with E-state index in [1.54, 1.807) is 24.3 Å². The molecular formula is C14H16N2O4. The molecule has 0 aliphatic carbocycles. The van der Waals surface area contributed by atoms with E-state index in [1.165, 1.54) is 4.57 Å². The number of ether oxygens (including phenoxy) is 1. The highest BCUT2D eigenvalue weighted by atomic mass is 16.5. The van der Waals surface area contributed by atoms with Gasteiger partial charge in [-0.1, -0.05) is 12.1 Å². The number of hydrogen-bond donors (Lipinski definition) is 1. The van der Waals surface area contributed by atoms with Gasteiger partial charge in [-0.05, 0) is 25.0 Å². The fraction of sp³-hybridized carbons (Fsp3) is 0.429. The smallest absolute Gasteiger partial charge is 0.408 e. The minimum atomic E-state index is -0.515. The van der Waals surface area contributed by atoms with Gasteiger partial charge in [0.15, 0.2) is 5.58 Å². The van der Waals surface area contributed by atoms with E-state index < -0.39 is 5.76 Å². The Kier molecular flexibility index (Phi) is 3.56. The van der Waals surface area contributed by atoms with Crippen LogP contribution in [0, 0.1) is 0 Å². The van der Waals surface area contributed by atoms with Crippen molar-refractivity contribution in [2.24, 2.45) is 0 Å². The summed E-state index contributed by atoms with van der Waals surface area (Å²) in [6.45, 7) is 1.21. The summed E-state index contributed by atoms with van der Waals surface area (Å²) >= 11 is 0. The number of rotatable bonds is 4. The number of carbonyl (C=O) groups excluding carboxylic acids is 1. The number of amides is 1. The molecule has 20 heavy (non-hydrogen) atoms. The third-order valence-corrected chi connectivity index (χ3v) is 3.43. The number of fused-ring (bicyclic) bond motifs is 1. The van der Waals surface area contributed by atoms with Crippen molar-refractivity contribution in [2.75, 3.05) is 13.2 Å². The van der Waals surface area contributed by atoms with Crippen molar-refractivity contribution in [3.05, 3.63) is 34.8 Å². The number of para-hydroxylation sites is 2. The van der Waals surface area contributed by atoms with Crippen LogP contribution in [0.4, 0.5) is 0 Å². The Morgan fingerprint density at radius 1 is 1.40 bits per heavy atom. The summed E-state index contributed by atoms with van der Waals surface area (Å²) in [6, 6.07) is 7.05. The van der Waals surface area contributed by atoms with Gasteiger partial charge in [0.2, 0.25) is 5.91 Å². The molecule has 1 unspecified atom stereocenters. The van der Waals surface area contributed by atoms with Gasteiger partial charge in [0, 0.05) is 13.2 Å². The Hall–Kier alpha value is -2.08. The fourth-order valence-electron chi connectivity index (χ4n) is 2.40. The fourth-order valence-corrected chi connectivity index (χ4v) is 2.40. The average molecular weight is 276 g/mol. The van der Waals surface area contributed by atoms with Crippen molar-refractivity contribution in [1.29, 1.82) is 0 Å². The SMILES string of the molecule is O=C(Cn1c(=O)oc2ccccc21)NCC1CCCO1. The van der Waals surface area contributed by atoms with Gasteiger partial charge in [0.25, 0.3) is 0 Å². The molecule has 1 N–H and O–H groups in total. The van der Waals surface area contributed by atoms with Crippen LogP contribution in [0.5, 0.6) is 0 Å². The van der Waals surface area contributed by atoms with Crippen molar-refractivity contribution in [3.63, 3.8) is 0 Å². The second-order valence-corrected chi connectivity index (χ2v) is 4.86. The highest BCUT2D eigenvalue weighted by molar-refractivity contribution is 5.79. The van der Waals surface area contributed by atoms with Crippen LogP contribution in [-0.4, -0.2) is 29.7 Å². The van der Waals surface area contributed by atoms with Crippen LogP contribution in [0.2, 0.25) is 0 Å². The zero-order valence-corrected chi connectivity index (χ0v) is 11.0. The molecule has 1 aliphatic heterocycles. The lowest BCUT2D eigenvalue weighted by Crippen LogP contribution is -2.35. The Bertz CT molecular complexity index is 667. The second-order valence-electron chi connectivity index (χ2n) is 4.86. The first-order chi connectivity index (χ1) is 9.74. The molecule has 1 fully saturated rings. The number of hydrogen-bond acceptors (Lipinski definition) is 4. The van der Waals surface area contributed by atoms with Crippen LogP contribution in [0.1, 0.15) is 12.8 Å². The molecule has 1 aromatic carbocycles. The number of carbonyl (C=O) groups is 1. The van der Waals surface area contributed by atoms with Gasteiger partial charge >= 0.3 is 5.76 Å². The molecule has 0 bridgehead atoms. The van der Waals surface area contributed by atoms with E-state index in [2.05, 4.69) is 5.32 Å². The van der Waals surface area contributed by atoms with Gasteiger partial charge in [-0.2, -0.15) is 0 Å². The zero-order chi connectivity index (χ0) is 13.9. The van der Waals surface area contributed by atoms with E-state index >= 15 is 0 Å². The van der Waals surface area contributed by atoms with Gasteiger partial charge in [0.1, 0.15) is 6.54 Å². The van der Waals surface area contributed by atoms with E-state index in [-0.39, 0.29) is 18.6 Å². The summed E-state index contributed by atoms with van der Waals surface area (Å²) in [5.74, 6) is -0.729. The van der Waals surface area contributed by atoms with Gasteiger partial charge in [-0.15, -0.1) is 0 Å². The molecular weight excluding hydrogens is 260 g/mol. The Morgan fingerprint density at radius 3 is 3.05 bits per heavy atom. The third-order valence-electron chi connectivity index (χ3n) is 3.43. The molecule has 1 amide bonds. The largest absolute Gasteiger partial charge is 0.420 e. The minimum Gasteiger partial charge on any atom is -0.408 e. The van der Waals surface area contributed by atoms with E-state index in [1.807, 2.05) is 0 Å². The molecule has 6 heteroatoms. The maximum absolute atomic E-state index is 11.9. The van der Waals surface area contributed by atoms with E-state index in [9.17, 15) is 9.59 Å². The third kappa shape index (κ3) is 2.60. The van der Waals surface area contributed by atoms with Crippen molar-refractivity contribution in [1.82, 2.24) is 9.88 Å². The summed E-state index contributed by atoms with van der Waals surface area (Å²) in [4.78, 5) is 23.6. The Balaban J connectivity index is 1.67. The van der Waals surface area contributed by atoms with Gasteiger partial charge < -0.3 is 14.5 Å². The maximum Gasteiger partial charge on any atom is 0.420 e. The number of aromatic nitrogens is 1. The van der Waals surface area contributed by atoms with E-state index in [4.69, 9.17) is 9.15 Å². The number of benzene rings is 1.